The van der Waals surface area contributed by atoms with E-state index in [4.69, 9.17) is 15.2 Å². The number of amides is 1. The number of hydrogen-bond donors (Lipinski definition) is 1. The summed E-state index contributed by atoms with van der Waals surface area (Å²) < 4.78 is 0. The van der Waals surface area contributed by atoms with Gasteiger partial charge in [0.15, 0.2) is 0 Å². The summed E-state index contributed by atoms with van der Waals surface area (Å²) >= 11 is 0. The number of piperazine rings is 1. The molecule has 0 saturated carbocycles. The molecule has 1 amide bonds. The van der Waals surface area contributed by atoms with E-state index in [-0.39, 0.29) is 5.91 Å². The van der Waals surface area contributed by atoms with Crippen molar-refractivity contribution in [3.63, 3.8) is 0 Å². The Balaban J connectivity index is 1.66. The zero-order chi connectivity index (χ0) is 20.9. The van der Waals surface area contributed by atoms with E-state index in [0.717, 1.165) is 16.9 Å². The summed E-state index contributed by atoms with van der Waals surface area (Å²) in [6, 6.07) is 21.3. The zero-order valence-corrected chi connectivity index (χ0v) is 16.7. The SMILES string of the molecule is CC(=O)N1CCN(c2nc(Nc3cccc(C#N)c3)cc(-c3ccccc3)n2)CC1. The first-order chi connectivity index (χ1) is 14.6. The van der Waals surface area contributed by atoms with Crippen LogP contribution in [0.2, 0.25) is 0 Å². The predicted molar refractivity (Wildman–Crippen MR) is 116 cm³/mol. The number of nitriles is 1. The Hall–Kier alpha value is -3.92. The summed E-state index contributed by atoms with van der Waals surface area (Å²) in [7, 11) is 0. The van der Waals surface area contributed by atoms with Crippen molar-refractivity contribution in [3.05, 3.63) is 66.2 Å². The highest BCUT2D eigenvalue weighted by molar-refractivity contribution is 5.73. The summed E-state index contributed by atoms with van der Waals surface area (Å²) in [4.78, 5) is 25.1. The summed E-state index contributed by atoms with van der Waals surface area (Å²) in [5.74, 6) is 1.37. The molecule has 1 fully saturated rings. The van der Waals surface area contributed by atoms with E-state index >= 15 is 0 Å². The largest absolute Gasteiger partial charge is 0.340 e. The lowest BCUT2D eigenvalue weighted by Gasteiger charge is -2.34. The van der Waals surface area contributed by atoms with Gasteiger partial charge in [0.2, 0.25) is 11.9 Å². The van der Waals surface area contributed by atoms with Crippen molar-refractivity contribution in [1.82, 2.24) is 14.9 Å². The normalized spacial score (nSPS) is 13.6. The van der Waals surface area contributed by atoms with Crippen molar-refractivity contribution in [2.24, 2.45) is 0 Å². The molecule has 3 aromatic rings. The van der Waals surface area contributed by atoms with Gasteiger partial charge in [-0.3, -0.25) is 4.79 Å². The molecule has 1 N–H and O–H groups in total. The maximum Gasteiger partial charge on any atom is 0.228 e. The van der Waals surface area contributed by atoms with Crippen LogP contribution in [0.3, 0.4) is 0 Å². The maximum absolute atomic E-state index is 11.6. The first-order valence-electron chi connectivity index (χ1n) is 9.84. The lowest BCUT2D eigenvalue weighted by molar-refractivity contribution is -0.129. The van der Waals surface area contributed by atoms with Gasteiger partial charge in [-0.1, -0.05) is 36.4 Å². The Morgan fingerprint density at radius 2 is 1.77 bits per heavy atom. The second-order valence-electron chi connectivity index (χ2n) is 7.12. The third-order valence-corrected chi connectivity index (χ3v) is 5.06. The van der Waals surface area contributed by atoms with E-state index in [9.17, 15) is 4.79 Å². The lowest BCUT2D eigenvalue weighted by atomic mass is 10.1. The average molecular weight is 398 g/mol. The molecule has 0 aliphatic carbocycles. The van der Waals surface area contributed by atoms with Gasteiger partial charge in [0.05, 0.1) is 17.3 Å². The number of rotatable bonds is 4. The smallest absolute Gasteiger partial charge is 0.228 e. The Kier molecular flexibility index (Phi) is 5.57. The molecular formula is C23H22N6O. The molecule has 0 radical (unpaired) electrons. The highest BCUT2D eigenvalue weighted by Crippen LogP contribution is 2.25. The average Bonchev–Trinajstić information content (AvgIpc) is 2.79. The maximum atomic E-state index is 11.6. The van der Waals surface area contributed by atoms with Gasteiger partial charge in [-0.2, -0.15) is 10.2 Å². The van der Waals surface area contributed by atoms with E-state index in [0.29, 0.717) is 43.5 Å². The predicted octanol–water partition coefficient (Wildman–Crippen LogP) is 3.43. The Labute approximate surface area is 175 Å². The van der Waals surface area contributed by atoms with Crippen LogP contribution in [0.5, 0.6) is 0 Å². The van der Waals surface area contributed by atoms with Gasteiger partial charge in [-0.05, 0) is 18.2 Å². The third-order valence-electron chi connectivity index (χ3n) is 5.06. The number of carbonyl (C=O) groups excluding carboxylic acids is 1. The second kappa shape index (κ2) is 8.62. The minimum atomic E-state index is 0.0911. The summed E-state index contributed by atoms with van der Waals surface area (Å²) in [5.41, 5.74) is 3.18. The molecule has 2 aromatic carbocycles. The first kappa shape index (κ1) is 19.4. The van der Waals surface area contributed by atoms with Crippen LogP contribution in [0.15, 0.2) is 60.7 Å². The topological polar surface area (TPSA) is 85.2 Å². The van der Waals surface area contributed by atoms with Crippen LogP contribution in [-0.4, -0.2) is 47.0 Å². The van der Waals surface area contributed by atoms with Crippen molar-refractivity contribution < 1.29 is 4.79 Å². The van der Waals surface area contributed by atoms with Gasteiger partial charge in [0.1, 0.15) is 5.82 Å². The number of aromatic nitrogens is 2. The summed E-state index contributed by atoms with van der Waals surface area (Å²) in [6.07, 6.45) is 0. The van der Waals surface area contributed by atoms with Crippen LogP contribution in [0.1, 0.15) is 12.5 Å². The molecule has 1 aliphatic heterocycles. The van der Waals surface area contributed by atoms with Crippen LogP contribution in [0, 0.1) is 11.3 Å². The number of anilines is 3. The molecule has 7 heteroatoms. The highest BCUT2D eigenvalue weighted by Gasteiger charge is 2.21. The van der Waals surface area contributed by atoms with Crippen LogP contribution < -0.4 is 10.2 Å². The molecule has 1 aliphatic rings. The molecular weight excluding hydrogens is 376 g/mol. The van der Waals surface area contributed by atoms with Crippen molar-refractivity contribution in [1.29, 1.82) is 5.26 Å². The van der Waals surface area contributed by atoms with Crippen LogP contribution in [0.4, 0.5) is 17.5 Å². The first-order valence-corrected chi connectivity index (χ1v) is 9.84. The van der Waals surface area contributed by atoms with Gasteiger partial charge in [-0.15, -0.1) is 0 Å². The minimum Gasteiger partial charge on any atom is -0.340 e. The monoisotopic (exact) mass is 398 g/mol. The highest BCUT2D eigenvalue weighted by atomic mass is 16.2. The molecule has 4 rings (SSSR count). The summed E-state index contributed by atoms with van der Waals surface area (Å²) in [5, 5.41) is 12.5. The molecule has 0 bridgehead atoms. The molecule has 1 saturated heterocycles. The van der Waals surface area contributed by atoms with E-state index < -0.39 is 0 Å². The standard InChI is InChI=1S/C23H22N6O/c1-17(30)28-10-12-29(13-11-28)23-26-21(19-7-3-2-4-8-19)15-22(27-23)25-20-9-5-6-18(14-20)16-24/h2-9,14-15H,10-13H2,1H3,(H,25,26,27). The number of nitrogens with one attached hydrogen (secondary N) is 1. The zero-order valence-electron chi connectivity index (χ0n) is 16.7. The molecule has 0 atom stereocenters. The van der Waals surface area contributed by atoms with E-state index in [1.165, 1.54) is 0 Å². The molecule has 30 heavy (non-hydrogen) atoms. The molecule has 0 spiro atoms. The molecule has 2 heterocycles. The molecule has 7 nitrogen and oxygen atoms in total. The van der Waals surface area contributed by atoms with Crippen molar-refractivity contribution in [2.45, 2.75) is 6.92 Å². The Bertz CT molecular complexity index is 1080. The Morgan fingerprint density at radius 1 is 1.00 bits per heavy atom. The molecule has 1 aromatic heterocycles. The molecule has 0 unspecified atom stereocenters. The molecule has 150 valence electrons. The van der Waals surface area contributed by atoms with E-state index in [1.807, 2.05) is 53.4 Å². The fourth-order valence-corrected chi connectivity index (χ4v) is 3.43. The number of carbonyl (C=O) groups is 1. The van der Waals surface area contributed by atoms with Crippen molar-refractivity contribution >= 4 is 23.4 Å². The number of benzene rings is 2. The third kappa shape index (κ3) is 4.39. The number of hydrogen-bond acceptors (Lipinski definition) is 6. The van der Waals surface area contributed by atoms with E-state index in [1.54, 1.807) is 19.1 Å². The quantitative estimate of drug-likeness (QED) is 0.725. The Morgan fingerprint density at radius 3 is 2.47 bits per heavy atom. The second-order valence-corrected chi connectivity index (χ2v) is 7.12. The van der Waals surface area contributed by atoms with Crippen LogP contribution in [-0.2, 0) is 4.79 Å². The van der Waals surface area contributed by atoms with Gasteiger partial charge in [0.25, 0.3) is 0 Å². The minimum absolute atomic E-state index is 0.0911. The fourth-order valence-electron chi connectivity index (χ4n) is 3.43. The summed E-state index contributed by atoms with van der Waals surface area (Å²) in [6.45, 7) is 4.27. The van der Waals surface area contributed by atoms with Crippen molar-refractivity contribution in [3.8, 4) is 17.3 Å². The lowest BCUT2D eigenvalue weighted by Crippen LogP contribution is -2.48. The van der Waals surface area contributed by atoms with Gasteiger partial charge in [0, 0.05) is 50.4 Å². The van der Waals surface area contributed by atoms with Gasteiger partial charge in [-0.25, -0.2) is 4.98 Å². The van der Waals surface area contributed by atoms with Crippen LogP contribution >= 0.6 is 0 Å². The fraction of sp³-hybridized carbons (Fsp3) is 0.217. The van der Waals surface area contributed by atoms with Gasteiger partial charge < -0.3 is 15.1 Å². The van der Waals surface area contributed by atoms with Crippen molar-refractivity contribution in [2.75, 3.05) is 36.4 Å². The number of nitrogens with zero attached hydrogens (tertiary/aromatic N) is 5. The van der Waals surface area contributed by atoms with E-state index in [2.05, 4.69) is 16.3 Å². The van der Waals surface area contributed by atoms with Gasteiger partial charge >= 0.3 is 0 Å². The van der Waals surface area contributed by atoms with Crippen LogP contribution in [0.25, 0.3) is 11.3 Å².